The molecule has 0 spiro atoms. The van der Waals surface area contributed by atoms with Crippen molar-refractivity contribution in [2.24, 2.45) is 0 Å². The van der Waals surface area contributed by atoms with Crippen molar-refractivity contribution in [2.75, 3.05) is 6.61 Å². The lowest BCUT2D eigenvalue weighted by molar-refractivity contribution is -0.124. The zero-order valence-electron chi connectivity index (χ0n) is 11.6. The van der Waals surface area contributed by atoms with E-state index in [0.717, 1.165) is 16.9 Å². The molecule has 7 heteroatoms. The molecule has 2 rings (SSSR count). The summed E-state index contributed by atoms with van der Waals surface area (Å²) >= 11 is 12.7. The number of hydrogen-bond acceptors (Lipinski definition) is 4. The molecule has 1 atom stereocenters. The van der Waals surface area contributed by atoms with Crippen molar-refractivity contribution in [3.8, 4) is 0 Å². The maximum atomic E-state index is 11.8. The van der Waals surface area contributed by atoms with Crippen molar-refractivity contribution in [2.45, 2.75) is 13.0 Å². The van der Waals surface area contributed by atoms with Crippen LogP contribution < -0.4 is 5.32 Å². The molecule has 22 heavy (non-hydrogen) atoms. The number of esters is 1. The van der Waals surface area contributed by atoms with Crippen LogP contribution in [-0.4, -0.2) is 18.5 Å². The topological polar surface area (TPSA) is 55.4 Å². The van der Waals surface area contributed by atoms with Crippen LogP contribution in [-0.2, 0) is 9.53 Å². The molecule has 1 N–H and O–H groups in total. The summed E-state index contributed by atoms with van der Waals surface area (Å²) < 4.78 is 5.43. The van der Waals surface area contributed by atoms with Gasteiger partial charge in [-0.2, -0.15) is 0 Å². The molecule has 1 aromatic carbocycles. The summed E-state index contributed by atoms with van der Waals surface area (Å²) in [5, 5.41) is 3.38. The maximum absolute atomic E-state index is 11.8. The number of nitrogens with one attached hydrogen (secondary N) is 1. The van der Waals surface area contributed by atoms with E-state index >= 15 is 0 Å². The van der Waals surface area contributed by atoms with Gasteiger partial charge in [0.2, 0.25) is 0 Å². The van der Waals surface area contributed by atoms with Crippen LogP contribution in [0.3, 0.4) is 0 Å². The van der Waals surface area contributed by atoms with E-state index in [1.165, 1.54) is 0 Å². The average Bonchev–Trinajstić information content (AvgIpc) is 2.92. The van der Waals surface area contributed by atoms with Crippen molar-refractivity contribution in [1.29, 1.82) is 0 Å². The average molecular weight is 358 g/mol. The number of thiophene rings is 1. The van der Waals surface area contributed by atoms with Gasteiger partial charge in [-0.3, -0.25) is 4.79 Å². The summed E-state index contributed by atoms with van der Waals surface area (Å²) in [5.41, 5.74) is 0.911. The summed E-state index contributed by atoms with van der Waals surface area (Å²) in [6.07, 6.45) is 0. The van der Waals surface area contributed by atoms with Crippen molar-refractivity contribution in [1.82, 2.24) is 5.32 Å². The molecule has 1 amide bonds. The normalized spacial score (nSPS) is 11.8. The predicted octanol–water partition coefficient (Wildman–Crippen LogP) is 4.09. The SMILES string of the molecule is C[C@H](NC(=O)COC(=O)c1ccc(Cl)s1)c1ccc(Cl)cc1. The van der Waals surface area contributed by atoms with Gasteiger partial charge in [-0.25, -0.2) is 4.79 Å². The van der Waals surface area contributed by atoms with Crippen LogP contribution >= 0.6 is 34.5 Å². The number of benzene rings is 1. The van der Waals surface area contributed by atoms with Crippen LogP contribution in [0, 0.1) is 0 Å². The molecule has 0 aliphatic heterocycles. The van der Waals surface area contributed by atoms with Crippen molar-refractivity contribution >= 4 is 46.4 Å². The largest absolute Gasteiger partial charge is 0.451 e. The summed E-state index contributed by atoms with van der Waals surface area (Å²) in [6.45, 7) is 1.49. The highest BCUT2D eigenvalue weighted by Crippen LogP contribution is 2.22. The molecular formula is C15H13Cl2NO3S. The summed E-state index contributed by atoms with van der Waals surface area (Å²) in [4.78, 5) is 23.9. The predicted molar refractivity (Wildman–Crippen MR) is 87.6 cm³/mol. The van der Waals surface area contributed by atoms with E-state index in [-0.39, 0.29) is 18.6 Å². The first-order valence-electron chi connectivity index (χ1n) is 6.43. The Morgan fingerprint density at radius 2 is 1.86 bits per heavy atom. The van der Waals surface area contributed by atoms with Gasteiger partial charge in [-0.05, 0) is 36.8 Å². The molecule has 0 saturated heterocycles. The Morgan fingerprint density at radius 3 is 2.45 bits per heavy atom. The van der Waals surface area contributed by atoms with Gasteiger partial charge in [0.25, 0.3) is 5.91 Å². The van der Waals surface area contributed by atoms with E-state index in [4.69, 9.17) is 27.9 Å². The molecule has 0 aliphatic carbocycles. The summed E-state index contributed by atoms with van der Waals surface area (Å²) in [7, 11) is 0. The Balaban J connectivity index is 1.82. The van der Waals surface area contributed by atoms with Crippen LogP contribution in [0.4, 0.5) is 0 Å². The zero-order valence-corrected chi connectivity index (χ0v) is 14.0. The van der Waals surface area contributed by atoms with Crippen LogP contribution in [0.15, 0.2) is 36.4 Å². The molecule has 0 saturated carbocycles. The number of amides is 1. The van der Waals surface area contributed by atoms with Gasteiger partial charge in [-0.1, -0.05) is 35.3 Å². The molecule has 0 unspecified atom stereocenters. The lowest BCUT2D eigenvalue weighted by atomic mass is 10.1. The minimum Gasteiger partial charge on any atom is -0.451 e. The van der Waals surface area contributed by atoms with Gasteiger partial charge in [0.1, 0.15) is 4.88 Å². The first-order valence-corrected chi connectivity index (χ1v) is 8.00. The molecule has 0 radical (unpaired) electrons. The molecule has 0 aliphatic rings. The summed E-state index contributed by atoms with van der Waals surface area (Å²) in [5.74, 6) is -0.940. The van der Waals surface area contributed by atoms with Crippen LogP contribution in [0.1, 0.15) is 28.2 Å². The van der Waals surface area contributed by atoms with E-state index < -0.39 is 5.97 Å². The number of hydrogen-bond donors (Lipinski definition) is 1. The molecule has 0 bridgehead atoms. The second kappa shape index (κ2) is 7.63. The van der Waals surface area contributed by atoms with E-state index in [2.05, 4.69) is 5.32 Å². The zero-order chi connectivity index (χ0) is 16.1. The third-order valence-electron chi connectivity index (χ3n) is 2.86. The van der Waals surface area contributed by atoms with Gasteiger partial charge in [-0.15, -0.1) is 11.3 Å². The fraction of sp³-hybridized carbons (Fsp3) is 0.200. The smallest absolute Gasteiger partial charge is 0.348 e. The van der Waals surface area contributed by atoms with E-state index in [9.17, 15) is 9.59 Å². The Morgan fingerprint density at radius 1 is 1.18 bits per heavy atom. The molecule has 4 nitrogen and oxygen atoms in total. The number of ether oxygens (including phenoxy) is 1. The highest BCUT2D eigenvalue weighted by Gasteiger charge is 2.14. The van der Waals surface area contributed by atoms with Gasteiger partial charge in [0.15, 0.2) is 6.61 Å². The molecule has 116 valence electrons. The number of rotatable bonds is 5. The second-order valence-electron chi connectivity index (χ2n) is 4.52. The third-order valence-corrected chi connectivity index (χ3v) is 4.32. The lowest BCUT2D eigenvalue weighted by Crippen LogP contribution is -2.31. The fourth-order valence-electron chi connectivity index (χ4n) is 1.74. The van der Waals surface area contributed by atoms with Gasteiger partial charge in [0, 0.05) is 5.02 Å². The fourth-order valence-corrected chi connectivity index (χ4v) is 2.81. The summed E-state index contributed by atoms with van der Waals surface area (Å²) in [6, 6.07) is 10.1. The van der Waals surface area contributed by atoms with Crippen molar-refractivity contribution in [3.63, 3.8) is 0 Å². The molecule has 2 aromatic rings. The van der Waals surface area contributed by atoms with Gasteiger partial charge >= 0.3 is 5.97 Å². The van der Waals surface area contributed by atoms with Crippen molar-refractivity contribution in [3.05, 3.63) is 56.2 Å². The molecule has 1 aromatic heterocycles. The Bertz CT molecular complexity index is 670. The molecule has 1 heterocycles. The maximum Gasteiger partial charge on any atom is 0.348 e. The van der Waals surface area contributed by atoms with Gasteiger partial charge in [0.05, 0.1) is 10.4 Å². The minimum atomic E-state index is -0.564. The number of halogens is 2. The lowest BCUT2D eigenvalue weighted by Gasteiger charge is -2.14. The standard InChI is InChI=1S/C15H13Cl2NO3S/c1-9(10-2-4-11(16)5-3-10)18-14(19)8-21-15(20)12-6-7-13(17)22-12/h2-7,9H,8H2,1H3,(H,18,19)/t9-/m0/s1. The molecule has 0 fully saturated rings. The second-order valence-corrected chi connectivity index (χ2v) is 6.67. The van der Waals surface area contributed by atoms with Gasteiger partial charge < -0.3 is 10.1 Å². The van der Waals surface area contributed by atoms with Crippen LogP contribution in [0.2, 0.25) is 9.36 Å². The monoisotopic (exact) mass is 357 g/mol. The Kier molecular flexibility index (Phi) is 5.83. The highest BCUT2D eigenvalue weighted by atomic mass is 35.5. The molecular weight excluding hydrogens is 345 g/mol. The first-order chi connectivity index (χ1) is 10.5. The highest BCUT2D eigenvalue weighted by molar-refractivity contribution is 7.17. The quantitative estimate of drug-likeness (QED) is 0.819. The Labute approximate surface area is 142 Å². The minimum absolute atomic E-state index is 0.209. The third kappa shape index (κ3) is 4.73. The van der Waals surface area contributed by atoms with E-state index in [0.29, 0.717) is 14.2 Å². The van der Waals surface area contributed by atoms with E-state index in [1.54, 1.807) is 24.3 Å². The van der Waals surface area contributed by atoms with E-state index in [1.807, 2.05) is 19.1 Å². The first kappa shape index (κ1) is 16.8. The van der Waals surface area contributed by atoms with Crippen LogP contribution in [0.5, 0.6) is 0 Å². The Hall–Kier alpha value is -1.56. The number of carbonyl (C=O) groups is 2. The van der Waals surface area contributed by atoms with Crippen LogP contribution in [0.25, 0.3) is 0 Å². The number of carbonyl (C=O) groups excluding carboxylic acids is 2. The van der Waals surface area contributed by atoms with Crippen molar-refractivity contribution < 1.29 is 14.3 Å².